The summed E-state index contributed by atoms with van der Waals surface area (Å²) in [5.74, 6) is -0.371. The van der Waals surface area contributed by atoms with Crippen molar-refractivity contribution in [3.8, 4) is 0 Å². The maximum Gasteiger partial charge on any atom is 0.335 e. The Kier molecular flexibility index (Phi) is 7.88. The first kappa shape index (κ1) is 23.4. The van der Waals surface area contributed by atoms with Gasteiger partial charge in [0.2, 0.25) is 0 Å². The molecular formula is C27H29FN4O2. The third-order valence-corrected chi connectivity index (χ3v) is 5.86. The van der Waals surface area contributed by atoms with E-state index in [1.807, 2.05) is 24.3 Å². The highest BCUT2D eigenvalue weighted by molar-refractivity contribution is 5.94. The van der Waals surface area contributed by atoms with Gasteiger partial charge in [-0.1, -0.05) is 42.5 Å². The number of aromatic carboxylic acids is 1. The van der Waals surface area contributed by atoms with E-state index < -0.39 is 5.97 Å². The van der Waals surface area contributed by atoms with E-state index in [4.69, 9.17) is 10.1 Å². The number of hydrogen-bond acceptors (Lipinski definition) is 3. The Labute approximate surface area is 199 Å². The molecule has 0 atom stereocenters. The van der Waals surface area contributed by atoms with Crippen LogP contribution < -0.4 is 5.32 Å². The molecule has 2 N–H and O–H groups in total. The van der Waals surface area contributed by atoms with Gasteiger partial charge >= 0.3 is 5.97 Å². The molecule has 3 aromatic rings. The van der Waals surface area contributed by atoms with Crippen LogP contribution in [0.5, 0.6) is 0 Å². The average Bonchev–Trinajstić information content (AvgIpc) is 2.85. The lowest BCUT2D eigenvalue weighted by Crippen LogP contribution is -2.50. The van der Waals surface area contributed by atoms with Gasteiger partial charge in [-0.3, -0.25) is 9.89 Å². The van der Waals surface area contributed by atoms with Gasteiger partial charge in [0.1, 0.15) is 5.82 Å². The topological polar surface area (TPSA) is 68.2 Å². The Bertz CT molecular complexity index is 1110. The van der Waals surface area contributed by atoms with Gasteiger partial charge in [-0.25, -0.2) is 9.18 Å². The number of carboxylic acid groups (broad SMARTS) is 1. The number of halogens is 1. The van der Waals surface area contributed by atoms with Gasteiger partial charge in [0.05, 0.1) is 5.56 Å². The van der Waals surface area contributed by atoms with Crippen LogP contribution >= 0.6 is 0 Å². The molecule has 0 radical (unpaired) electrons. The first-order valence-corrected chi connectivity index (χ1v) is 11.5. The Morgan fingerprint density at radius 1 is 0.912 bits per heavy atom. The lowest BCUT2D eigenvalue weighted by Gasteiger charge is -2.36. The maximum atomic E-state index is 13.5. The number of carboxylic acids is 1. The van der Waals surface area contributed by atoms with Crippen molar-refractivity contribution < 1.29 is 14.3 Å². The van der Waals surface area contributed by atoms with Gasteiger partial charge in [0.15, 0.2) is 5.96 Å². The maximum absolute atomic E-state index is 13.5. The van der Waals surface area contributed by atoms with Crippen LogP contribution in [0.4, 0.5) is 10.1 Å². The van der Waals surface area contributed by atoms with Crippen LogP contribution in [0.1, 0.15) is 21.5 Å². The van der Waals surface area contributed by atoms with E-state index in [2.05, 4.69) is 27.2 Å². The zero-order chi connectivity index (χ0) is 23.8. The summed E-state index contributed by atoms with van der Waals surface area (Å²) in [5.41, 5.74) is 3.25. The van der Waals surface area contributed by atoms with Crippen molar-refractivity contribution >= 4 is 17.6 Å². The Morgan fingerprint density at radius 3 is 2.29 bits per heavy atom. The van der Waals surface area contributed by atoms with E-state index in [9.17, 15) is 9.18 Å². The second-order valence-corrected chi connectivity index (χ2v) is 8.34. The minimum atomic E-state index is -0.947. The van der Waals surface area contributed by atoms with Crippen LogP contribution in [0.15, 0.2) is 83.9 Å². The van der Waals surface area contributed by atoms with Crippen LogP contribution in [0, 0.1) is 5.82 Å². The third kappa shape index (κ3) is 6.65. The minimum absolute atomic E-state index is 0.206. The second-order valence-electron chi connectivity index (χ2n) is 8.34. The summed E-state index contributed by atoms with van der Waals surface area (Å²) < 4.78 is 13.5. The van der Waals surface area contributed by atoms with E-state index in [1.165, 1.54) is 11.6 Å². The number of carbonyl (C=O) groups is 1. The van der Waals surface area contributed by atoms with Gasteiger partial charge in [0, 0.05) is 45.0 Å². The molecule has 0 amide bonds. The minimum Gasteiger partial charge on any atom is -0.478 e. The highest BCUT2D eigenvalue weighted by Gasteiger charge is 2.20. The summed E-state index contributed by atoms with van der Waals surface area (Å²) in [7, 11) is 0. The van der Waals surface area contributed by atoms with Crippen molar-refractivity contribution in [2.45, 2.75) is 13.0 Å². The lowest BCUT2D eigenvalue weighted by molar-refractivity contribution is 0.0697. The molecule has 0 aliphatic carbocycles. The molecule has 7 heteroatoms. The first-order chi connectivity index (χ1) is 16.6. The molecular weight excluding hydrogens is 431 g/mol. The van der Waals surface area contributed by atoms with Gasteiger partial charge in [-0.2, -0.15) is 0 Å². The lowest BCUT2D eigenvalue weighted by atomic mass is 10.1. The van der Waals surface area contributed by atoms with Crippen molar-refractivity contribution in [3.63, 3.8) is 0 Å². The van der Waals surface area contributed by atoms with Crippen LogP contribution in [0.25, 0.3) is 0 Å². The van der Waals surface area contributed by atoms with Crippen molar-refractivity contribution in [1.82, 2.24) is 9.80 Å². The summed E-state index contributed by atoms with van der Waals surface area (Å²) in [6.45, 7) is 4.63. The molecule has 1 aliphatic rings. The van der Waals surface area contributed by atoms with Crippen LogP contribution in [-0.4, -0.2) is 59.6 Å². The second kappa shape index (κ2) is 11.4. The summed E-state index contributed by atoms with van der Waals surface area (Å²) in [4.78, 5) is 20.6. The predicted molar refractivity (Wildman–Crippen MR) is 133 cm³/mol. The number of rotatable bonds is 7. The number of piperazine rings is 1. The fraction of sp³-hybridized carbons (Fsp3) is 0.259. The molecule has 0 aromatic heterocycles. The highest BCUT2D eigenvalue weighted by atomic mass is 19.1. The van der Waals surface area contributed by atoms with Crippen molar-refractivity contribution in [2.24, 2.45) is 4.99 Å². The summed E-state index contributed by atoms with van der Waals surface area (Å²) in [6, 6.07) is 23.7. The van der Waals surface area contributed by atoms with Gasteiger partial charge in [-0.15, -0.1) is 0 Å². The molecule has 0 unspecified atom stereocenters. The van der Waals surface area contributed by atoms with E-state index in [1.54, 1.807) is 36.4 Å². The SMILES string of the molecule is O=C(O)c1ccc(NC(=NCCc2ccccc2)N2CCN(Cc3cccc(F)c3)CC2)cc1. The van der Waals surface area contributed by atoms with Crippen molar-refractivity contribution in [2.75, 3.05) is 38.0 Å². The van der Waals surface area contributed by atoms with Gasteiger partial charge in [-0.05, 0) is 53.9 Å². The number of nitrogens with zero attached hydrogens (tertiary/aromatic N) is 3. The third-order valence-electron chi connectivity index (χ3n) is 5.86. The Balaban J connectivity index is 1.41. The largest absolute Gasteiger partial charge is 0.478 e. The quantitative estimate of drug-likeness (QED) is 0.405. The van der Waals surface area contributed by atoms with E-state index in [0.29, 0.717) is 6.54 Å². The molecule has 6 nitrogen and oxygen atoms in total. The number of aliphatic imine (C=N–C) groups is 1. The standard InChI is InChI=1S/C27H29FN4O2/c28-24-8-4-7-22(19-24)20-31-15-17-32(18-16-31)27(29-14-13-21-5-2-1-3-6-21)30-25-11-9-23(10-12-25)26(33)34/h1-12,19H,13-18,20H2,(H,29,30)(H,33,34). The first-order valence-electron chi connectivity index (χ1n) is 11.5. The van der Waals surface area contributed by atoms with Gasteiger partial charge in [0.25, 0.3) is 0 Å². The predicted octanol–water partition coefficient (Wildman–Crippen LogP) is 4.35. The molecule has 34 heavy (non-hydrogen) atoms. The van der Waals surface area contributed by atoms with E-state index >= 15 is 0 Å². The molecule has 1 saturated heterocycles. The molecule has 3 aromatic carbocycles. The molecule has 0 saturated carbocycles. The molecule has 1 fully saturated rings. The molecule has 1 heterocycles. The number of guanidine groups is 1. The summed E-state index contributed by atoms with van der Waals surface area (Å²) >= 11 is 0. The Hall–Kier alpha value is -3.71. The molecule has 1 aliphatic heterocycles. The summed E-state index contributed by atoms with van der Waals surface area (Å²) in [6.07, 6.45) is 0.837. The monoisotopic (exact) mass is 460 g/mol. The fourth-order valence-electron chi connectivity index (χ4n) is 3.99. The molecule has 4 rings (SSSR count). The van der Waals surface area contributed by atoms with E-state index in [0.717, 1.165) is 56.4 Å². The fourth-order valence-corrected chi connectivity index (χ4v) is 3.99. The highest BCUT2D eigenvalue weighted by Crippen LogP contribution is 2.14. The number of nitrogens with one attached hydrogen (secondary N) is 1. The molecule has 0 spiro atoms. The zero-order valence-corrected chi connectivity index (χ0v) is 19.0. The van der Waals surface area contributed by atoms with Crippen LogP contribution in [0.2, 0.25) is 0 Å². The van der Waals surface area contributed by atoms with Crippen molar-refractivity contribution in [1.29, 1.82) is 0 Å². The smallest absolute Gasteiger partial charge is 0.335 e. The number of hydrogen-bond donors (Lipinski definition) is 2. The molecule has 176 valence electrons. The molecule has 0 bridgehead atoms. The Morgan fingerprint density at radius 2 is 1.62 bits per heavy atom. The average molecular weight is 461 g/mol. The van der Waals surface area contributed by atoms with Crippen molar-refractivity contribution in [3.05, 3.63) is 101 Å². The number of anilines is 1. The normalized spacial score (nSPS) is 14.7. The summed E-state index contributed by atoms with van der Waals surface area (Å²) in [5, 5.41) is 12.5. The zero-order valence-electron chi connectivity index (χ0n) is 19.0. The van der Waals surface area contributed by atoms with Crippen LogP contribution in [-0.2, 0) is 13.0 Å². The van der Waals surface area contributed by atoms with Crippen LogP contribution in [0.3, 0.4) is 0 Å². The van der Waals surface area contributed by atoms with Gasteiger partial charge < -0.3 is 15.3 Å². The van der Waals surface area contributed by atoms with E-state index in [-0.39, 0.29) is 11.4 Å². The number of benzene rings is 3.